The van der Waals surface area contributed by atoms with Crippen LogP contribution in [-0.2, 0) is 10.0 Å². The molecule has 158 valence electrons. The van der Waals surface area contributed by atoms with Crippen molar-refractivity contribution >= 4 is 15.7 Å². The summed E-state index contributed by atoms with van der Waals surface area (Å²) in [5.41, 5.74) is 2.09. The Balaban J connectivity index is 1.85. The summed E-state index contributed by atoms with van der Waals surface area (Å²) in [7, 11) is -3.97. The average Bonchev–Trinajstić information content (AvgIpc) is 2.72. The van der Waals surface area contributed by atoms with E-state index in [1.165, 1.54) is 36.4 Å². The van der Waals surface area contributed by atoms with E-state index in [1.807, 2.05) is 32.0 Å². The van der Waals surface area contributed by atoms with Crippen LogP contribution >= 0.6 is 0 Å². The fourth-order valence-corrected chi connectivity index (χ4v) is 4.44. The molecule has 0 spiro atoms. The lowest BCUT2D eigenvalue weighted by Gasteiger charge is -2.27. The van der Waals surface area contributed by atoms with E-state index >= 15 is 0 Å². The SMILES string of the molecule is Cc1ccc(S(=O)(=O)N(CC(O)COc2ccccc2C)c2ccc(F)cc2)cc1. The Bertz CT molecular complexity index is 1080. The standard InChI is InChI=1S/C23H24FNO4S/c1-17-7-13-22(14-8-17)30(27,28)25(20-11-9-19(24)10-12-20)15-21(26)16-29-23-6-4-3-5-18(23)2/h3-14,21,26H,15-16H2,1-2H3. The van der Waals surface area contributed by atoms with Gasteiger partial charge in [-0.15, -0.1) is 0 Å². The Morgan fingerprint density at radius 3 is 2.23 bits per heavy atom. The molecule has 0 aliphatic rings. The van der Waals surface area contributed by atoms with Crippen LogP contribution in [0.1, 0.15) is 11.1 Å². The lowest BCUT2D eigenvalue weighted by atomic mass is 10.2. The van der Waals surface area contributed by atoms with Gasteiger partial charge in [0.25, 0.3) is 10.0 Å². The van der Waals surface area contributed by atoms with Crippen molar-refractivity contribution in [3.8, 4) is 5.75 Å². The van der Waals surface area contributed by atoms with E-state index in [-0.39, 0.29) is 23.7 Å². The highest BCUT2D eigenvalue weighted by Gasteiger charge is 2.27. The van der Waals surface area contributed by atoms with Gasteiger partial charge in [-0.05, 0) is 61.9 Å². The number of hydrogen-bond donors (Lipinski definition) is 1. The van der Waals surface area contributed by atoms with Gasteiger partial charge in [0.1, 0.15) is 24.3 Å². The molecule has 30 heavy (non-hydrogen) atoms. The summed E-state index contributed by atoms with van der Waals surface area (Å²) in [5, 5.41) is 10.5. The molecule has 7 heteroatoms. The Kier molecular flexibility index (Phi) is 6.74. The summed E-state index contributed by atoms with van der Waals surface area (Å²) in [5.74, 6) is 0.140. The lowest BCUT2D eigenvalue weighted by Crippen LogP contribution is -2.40. The van der Waals surface area contributed by atoms with E-state index in [4.69, 9.17) is 4.74 Å². The van der Waals surface area contributed by atoms with Crippen LogP contribution in [0.3, 0.4) is 0 Å². The first kappa shape index (κ1) is 21.8. The van der Waals surface area contributed by atoms with Gasteiger partial charge in [-0.3, -0.25) is 4.31 Å². The van der Waals surface area contributed by atoms with Gasteiger partial charge < -0.3 is 9.84 Å². The van der Waals surface area contributed by atoms with Gasteiger partial charge in [0.2, 0.25) is 0 Å². The number of aliphatic hydroxyl groups excluding tert-OH is 1. The number of anilines is 1. The predicted molar refractivity (Wildman–Crippen MR) is 115 cm³/mol. The average molecular weight is 430 g/mol. The molecule has 1 atom stereocenters. The highest BCUT2D eigenvalue weighted by molar-refractivity contribution is 7.92. The fourth-order valence-electron chi connectivity index (χ4n) is 2.94. The van der Waals surface area contributed by atoms with Crippen molar-refractivity contribution in [3.05, 3.63) is 89.7 Å². The van der Waals surface area contributed by atoms with Gasteiger partial charge >= 0.3 is 0 Å². The van der Waals surface area contributed by atoms with Crippen molar-refractivity contribution in [2.24, 2.45) is 0 Å². The number of nitrogens with zero attached hydrogens (tertiary/aromatic N) is 1. The van der Waals surface area contributed by atoms with Crippen molar-refractivity contribution in [2.75, 3.05) is 17.5 Å². The van der Waals surface area contributed by atoms with E-state index in [0.29, 0.717) is 5.75 Å². The molecule has 3 aromatic rings. The van der Waals surface area contributed by atoms with Crippen LogP contribution in [0.15, 0.2) is 77.7 Å². The second-order valence-electron chi connectivity index (χ2n) is 7.06. The summed E-state index contributed by atoms with van der Waals surface area (Å²) in [6, 6.07) is 18.9. The Labute approximate surface area is 176 Å². The second kappa shape index (κ2) is 9.28. The van der Waals surface area contributed by atoms with Crippen molar-refractivity contribution in [2.45, 2.75) is 24.8 Å². The highest BCUT2D eigenvalue weighted by atomic mass is 32.2. The molecule has 1 unspecified atom stereocenters. The number of hydrogen-bond acceptors (Lipinski definition) is 4. The predicted octanol–water partition coefficient (Wildman–Crippen LogP) is 4.08. The third kappa shape index (κ3) is 5.17. The second-order valence-corrected chi connectivity index (χ2v) is 8.92. The van der Waals surface area contributed by atoms with Crippen LogP contribution in [0.4, 0.5) is 10.1 Å². The monoisotopic (exact) mass is 429 g/mol. The molecule has 0 heterocycles. The zero-order chi connectivity index (χ0) is 21.7. The largest absolute Gasteiger partial charge is 0.491 e. The van der Waals surface area contributed by atoms with E-state index < -0.39 is 21.9 Å². The van der Waals surface area contributed by atoms with Crippen molar-refractivity contribution in [1.29, 1.82) is 0 Å². The summed E-state index contributed by atoms with van der Waals surface area (Å²) >= 11 is 0. The topological polar surface area (TPSA) is 66.8 Å². The van der Waals surface area contributed by atoms with Crippen LogP contribution < -0.4 is 9.04 Å². The Hall–Kier alpha value is -2.90. The molecule has 0 aliphatic carbocycles. The van der Waals surface area contributed by atoms with Gasteiger partial charge in [0.05, 0.1) is 17.1 Å². The number of aryl methyl sites for hydroxylation is 2. The van der Waals surface area contributed by atoms with Gasteiger partial charge in [0, 0.05) is 0 Å². The smallest absolute Gasteiger partial charge is 0.264 e. The first-order valence-corrected chi connectivity index (χ1v) is 10.9. The highest BCUT2D eigenvalue weighted by Crippen LogP contribution is 2.25. The minimum Gasteiger partial charge on any atom is -0.491 e. The van der Waals surface area contributed by atoms with Crippen LogP contribution in [0.5, 0.6) is 5.75 Å². The Morgan fingerprint density at radius 2 is 1.60 bits per heavy atom. The van der Waals surface area contributed by atoms with Crippen LogP contribution in [-0.4, -0.2) is 32.8 Å². The van der Waals surface area contributed by atoms with Crippen molar-refractivity contribution < 1.29 is 22.7 Å². The molecule has 0 fully saturated rings. The van der Waals surface area contributed by atoms with E-state index in [1.54, 1.807) is 18.2 Å². The van der Waals surface area contributed by atoms with Crippen LogP contribution in [0.25, 0.3) is 0 Å². The number of halogens is 1. The van der Waals surface area contributed by atoms with E-state index in [9.17, 15) is 17.9 Å². The van der Waals surface area contributed by atoms with Crippen molar-refractivity contribution in [3.63, 3.8) is 0 Å². The maximum Gasteiger partial charge on any atom is 0.264 e. The number of aliphatic hydroxyl groups is 1. The molecule has 0 aliphatic heterocycles. The molecular formula is C23H24FNO4S. The van der Waals surface area contributed by atoms with Gasteiger partial charge in [-0.2, -0.15) is 0 Å². The Morgan fingerprint density at radius 1 is 0.967 bits per heavy atom. The van der Waals surface area contributed by atoms with E-state index in [0.717, 1.165) is 15.4 Å². The van der Waals surface area contributed by atoms with Crippen LogP contribution in [0, 0.1) is 19.7 Å². The number of para-hydroxylation sites is 1. The maximum absolute atomic E-state index is 13.4. The molecule has 0 amide bonds. The summed E-state index contributed by atoms with van der Waals surface area (Å²) in [6.07, 6.45) is -1.10. The first-order valence-electron chi connectivity index (χ1n) is 9.49. The fraction of sp³-hybridized carbons (Fsp3) is 0.217. The van der Waals surface area contributed by atoms with Gasteiger partial charge in [-0.1, -0.05) is 35.9 Å². The zero-order valence-corrected chi connectivity index (χ0v) is 17.6. The molecule has 1 N–H and O–H groups in total. The molecular weight excluding hydrogens is 405 g/mol. The summed E-state index contributed by atoms with van der Waals surface area (Å²) < 4.78 is 46.7. The quantitative estimate of drug-likeness (QED) is 0.586. The van der Waals surface area contributed by atoms with Gasteiger partial charge in [0.15, 0.2) is 0 Å². The molecule has 3 rings (SSSR count). The van der Waals surface area contributed by atoms with Gasteiger partial charge in [-0.25, -0.2) is 12.8 Å². The number of benzene rings is 3. The van der Waals surface area contributed by atoms with Crippen LogP contribution in [0.2, 0.25) is 0 Å². The molecule has 0 saturated heterocycles. The number of sulfonamides is 1. The third-order valence-electron chi connectivity index (χ3n) is 4.62. The molecule has 3 aromatic carbocycles. The summed E-state index contributed by atoms with van der Waals surface area (Å²) in [4.78, 5) is 0.0875. The minimum atomic E-state index is -3.97. The molecule has 0 aromatic heterocycles. The number of ether oxygens (including phenoxy) is 1. The summed E-state index contributed by atoms with van der Waals surface area (Å²) in [6.45, 7) is 3.41. The van der Waals surface area contributed by atoms with E-state index in [2.05, 4.69) is 0 Å². The third-order valence-corrected chi connectivity index (χ3v) is 6.43. The first-order chi connectivity index (χ1) is 14.3. The molecule has 0 bridgehead atoms. The zero-order valence-electron chi connectivity index (χ0n) is 16.8. The maximum atomic E-state index is 13.4. The lowest BCUT2D eigenvalue weighted by molar-refractivity contribution is 0.114. The number of rotatable bonds is 8. The normalized spacial score (nSPS) is 12.4. The van der Waals surface area contributed by atoms with Crippen molar-refractivity contribution in [1.82, 2.24) is 0 Å². The molecule has 5 nitrogen and oxygen atoms in total. The minimum absolute atomic E-state index is 0.0875. The molecule has 0 saturated carbocycles. The molecule has 0 radical (unpaired) electrons.